The van der Waals surface area contributed by atoms with E-state index < -0.39 is 79.5 Å². The minimum absolute atomic E-state index is 0.250. The quantitative estimate of drug-likeness (QED) is 0.251. The first-order valence-electron chi connectivity index (χ1n) is 8.59. The van der Waals surface area contributed by atoms with Crippen molar-refractivity contribution in [2.45, 2.75) is 67.5 Å². The highest BCUT2D eigenvalue weighted by molar-refractivity contribution is 5.12. The molecule has 1 unspecified atom stereocenters. The maximum absolute atomic E-state index is 10.9. The lowest BCUT2D eigenvalue weighted by molar-refractivity contribution is -0.371. The Labute approximate surface area is 148 Å². The zero-order valence-electron chi connectivity index (χ0n) is 13.7. The first-order chi connectivity index (χ1) is 12.3. The van der Waals surface area contributed by atoms with Gasteiger partial charge in [-0.25, -0.2) is 0 Å². The van der Waals surface area contributed by atoms with E-state index in [9.17, 15) is 35.7 Å². The minimum atomic E-state index is -1.81. The van der Waals surface area contributed by atoms with Gasteiger partial charge in [-0.15, -0.1) is 0 Å². The summed E-state index contributed by atoms with van der Waals surface area (Å²) >= 11 is 0. The van der Waals surface area contributed by atoms with Gasteiger partial charge in [0.15, 0.2) is 18.9 Å². The summed E-state index contributed by atoms with van der Waals surface area (Å²) in [6, 6.07) is 0. The monoisotopic (exact) mass is 380 g/mol. The second-order valence-electron chi connectivity index (χ2n) is 7.43. The number of fused-ring (bicyclic) bond motifs is 2. The predicted molar refractivity (Wildman–Crippen MR) is 78.0 cm³/mol. The first-order valence-corrected chi connectivity index (χ1v) is 8.59. The molecule has 4 aliphatic heterocycles. The number of ether oxygens (including phenoxy) is 4. The molecule has 5 rings (SSSR count). The number of aliphatic hydroxyl groups is 7. The molecule has 4 saturated heterocycles. The fourth-order valence-corrected chi connectivity index (χ4v) is 4.49. The molecule has 150 valence electrons. The molecule has 0 aromatic rings. The smallest absolute Gasteiger partial charge is 0.189 e. The van der Waals surface area contributed by atoms with Gasteiger partial charge in [0.25, 0.3) is 0 Å². The summed E-state index contributed by atoms with van der Waals surface area (Å²) in [7, 11) is 0. The van der Waals surface area contributed by atoms with E-state index in [0.717, 1.165) is 0 Å². The molecule has 0 radical (unpaired) electrons. The van der Waals surface area contributed by atoms with Crippen molar-refractivity contribution in [2.24, 2.45) is 11.8 Å². The van der Waals surface area contributed by atoms with Crippen LogP contribution in [0.4, 0.5) is 0 Å². The molecule has 1 saturated carbocycles. The number of hydrogen-bond donors (Lipinski definition) is 7. The normalized spacial score (nSPS) is 59.4. The third kappa shape index (κ3) is 2.63. The highest BCUT2D eigenvalue weighted by Gasteiger charge is 2.67. The van der Waals surface area contributed by atoms with Gasteiger partial charge in [-0.2, -0.15) is 0 Å². The largest absolute Gasteiger partial charge is 0.394 e. The second kappa shape index (κ2) is 6.57. The van der Waals surface area contributed by atoms with Gasteiger partial charge in [-0.3, -0.25) is 0 Å². The van der Waals surface area contributed by atoms with Crippen molar-refractivity contribution in [1.29, 1.82) is 0 Å². The van der Waals surface area contributed by atoms with Crippen LogP contribution in [0.3, 0.4) is 0 Å². The van der Waals surface area contributed by atoms with E-state index in [1.807, 2.05) is 0 Å². The summed E-state index contributed by atoms with van der Waals surface area (Å²) in [5.74, 6) is -1.43. The highest BCUT2D eigenvalue weighted by atomic mass is 16.8. The molecular formula is C15H24O11. The Bertz CT molecular complexity index is 532. The van der Waals surface area contributed by atoms with Gasteiger partial charge >= 0.3 is 0 Å². The second-order valence-corrected chi connectivity index (χ2v) is 7.43. The molecule has 0 aromatic carbocycles. The zero-order valence-corrected chi connectivity index (χ0v) is 13.7. The van der Waals surface area contributed by atoms with Gasteiger partial charge in [0.1, 0.15) is 36.1 Å². The van der Waals surface area contributed by atoms with Crippen molar-refractivity contribution in [3.63, 3.8) is 0 Å². The van der Waals surface area contributed by atoms with Crippen LogP contribution in [0.1, 0.15) is 6.42 Å². The number of rotatable bonds is 3. The summed E-state index contributed by atoms with van der Waals surface area (Å²) in [5, 5.41) is 70.4. The molecule has 0 aromatic heterocycles. The average Bonchev–Trinajstić information content (AvgIpc) is 2.77. The van der Waals surface area contributed by atoms with Crippen LogP contribution < -0.4 is 0 Å². The van der Waals surface area contributed by atoms with Crippen molar-refractivity contribution >= 4 is 0 Å². The van der Waals surface area contributed by atoms with Gasteiger partial charge in [0, 0.05) is 18.3 Å². The summed E-state index contributed by atoms with van der Waals surface area (Å²) in [6.07, 6.45) is -11.8. The van der Waals surface area contributed by atoms with Crippen LogP contribution in [0.25, 0.3) is 0 Å². The molecule has 4 heterocycles. The topological polar surface area (TPSA) is 179 Å². The maximum atomic E-state index is 10.9. The van der Waals surface area contributed by atoms with Crippen molar-refractivity contribution < 1.29 is 54.7 Å². The Balaban J connectivity index is 1.57. The van der Waals surface area contributed by atoms with Crippen molar-refractivity contribution in [2.75, 3.05) is 13.2 Å². The molecule has 0 spiro atoms. The predicted octanol–water partition coefficient (Wildman–Crippen LogP) is -4.40. The molecule has 0 amide bonds. The Kier molecular flexibility index (Phi) is 4.77. The van der Waals surface area contributed by atoms with E-state index >= 15 is 0 Å². The molecule has 11 heteroatoms. The Morgan fingerprint density at radius 3 is 2.35 bits per heavy atom. The van der Waals surface area contributed by atoms with Crippen LogP contribution >= 0.6 is 0 Å². The van der Waals surface area contributed by atoms with E-state index in [4.69, 9.17) is 18.9 Å². The van der Waals surface area contributed by atoms with Gasteiger partial charge in [0.05, 0.1) is 19.3 Å². The Hall–Kier alpha value is -0.440. The number of hydrogen-bond acceptors (Lipinski definition) is 11. The molecule has 12 atom stereocenters. The average molecular weight is 380 g/mol. The third-order valence-corrected chi connectivity index (χ3v) is 5.97. The van der Waals surface area contributed by atoms with Crippen molar-refractivity contribution in [1.82, 2.24) is 0 Å². The van der Waals surface area contributed by atoms with Crippen LogP contribution in [-0.4, -0.2) is 110 Å². The SMILES string of the molecule is OC[C@H]1O[C@@H](O[C@@H]2O[C@H]3C[C@@H]4C2[C@@](O)(CO3)[C@H](O)[C@H]4O)[C@H](O)[C@@H](O)[C@@H]1O. The summed E-state index contributed by atoms with van der Waals surface area (Å²) in [6.45, 7) is -0.874. The molecule has 4 bridgehead atoms. The van der Waals surface area contributed by atoms with Crippen LogP contribution in [-0.2, 0) is 18.9 Å². The van der Waals surface area contributed by atoms with E-state index in [1.165, 1.54) is 0 Å². The van der Waals surface area contributed by atoms with E-state index in [2.05, 4.69) is 0 Å². The number of aliphatic hydroxyl groups excluding tert-OH is 6. The standard InChI is InChI=1S/C15H24O11/c16-2-5-9(18)10(19)11(20)14(24-5)26-13-7-4-1-6(25-13)23-3-15(7,22)12(21)8(4)17/h4-14,16-22H,1-3H2/t4-,5-,6+,7?,8+,9-,10+,11-,12-,13+,14+,15+/m1/s1. The molecule has 26 heavy (non-hydrogen) atoms. The van der Waals surface area contributed by atoms with Gasteiger partial charge < -0.3 is 54.7 Å². The first kappa shape index (κ1) is 18.9. The van der Waals surface area contributed by atoms with E-state index in [1.54, 1.807) is 0 Å². The molecule has 7 N–H and O–H groups in total. The van der Waals surface area contributed by atoms with Crippen molar-refractivity contribution in [3.8, 4) is 0 Å². The highest BCUT2D eigenvalue weighted by Crippen LogP contribution is 2.52. The van der Waals surface area contributed by atoms with Gasteiger partial charge in [-0.05, 0) is 0 Å². The lowest BCUT2D eigenvalue weighted by Crippen LogP contribution is -2.61. The van der Waals surface area contributed by atoms with Gasteiger partial charge in [-0.1, -0.05) is 0 Å². The minimum Gasteiger partial charge on any atom is -0.394 e. The molecular weight excluding hydrogens is 356 g/mol. The molecule has 5 aliphatic rings. The van der Waals surface area contributed by atoms with E-state index in [-0.39, 0.29) is 13.0 Å². The lowest BCUT2D eigenvalue weighted by atomic mass is 9.82. The fraction of sp³-hybridized carbons (Fsp3) is 1.00. The summed E-state index contributed by atoms with van der Waals surface area (Å²) < 4.78 is 21.9. The Morgan fingerprint density at radius 1 is 0.923 bits per heavy atom. The van der Waals surface area contributed by atoms with Gasteiger partial charge in [0.2, 0.25) is 0 Å². The van der Waals surface area contributed by atoms with Crippen molar-refractivity contribution in [3.05, 3.63) is 0 Å². The van der Waals surface area contributed by atoms with Crippen LogP contribution in [0.2, 0.25) is 0 Å². The van der Waals surface area contributed by atoms with Crippen LogP contribution in [0, 0.1) is 11.8 Å². The summed E-state index contributed by atoms with van der Waals surface area (Å²) in [5.41, 5.74) is -1.81. The van der Waals surface area contributed by atoms with E-state index in [0.29, 0.717) is 0 Å². The fourth-order valence-electron chi connectivity index (χ4n) is 4.49. The van der Waals surface area contributed by atoms with Crippen LogP contribution in [0.5, 0.6) is 0 Å². The third-order valence-electron chi connectivity index (χ3n) is 5.97. The molecule has 5 fully saturated rings. The maximum Gasteiger partial charge on any atom is 0.189 e. The molecule has 1 aliphatic carbocycles. The Morgan fingerprint density at radius 2 is 1.65 bits per heavy atom. The zero-order chi connectivity index (χ0) is 18.8. The lowest BCUT2D eigenvalue weighted by Gasteiger charge is -2.44. The van der Waals surface area contributed by atoms with Crippen LogP contribution in [0.15, 0.2) is 0 Å². The summed E-state index contributed by atoms with van der Waals surface area (Å²) in [4.78, 5) is 0. The molecule has 11 nitrogen and oxygen atoms in total.